The Kier molecular flexibility index (Phi) is 3.56. The van der Waals surface area contributed by atoms with Gasteiger partial charge in [-0.1, -0.05) is 0 Å². The molecule has 1 aromatic carbocycles. The van der Waals surface area contributed by atoms with Crippen LogP contribution < -0.4 is 4.90 Å². The third-order valence-electron chi connectivity index (χ3n) is 4.02. The van der Waals surface area contributed by atoms with E-state index in [4.69, 9.17) is 0 Å². The highest BCUT2D eigenvalue weighted by Gasteiger charge is 2.32. The van der Waals surface area contributed by atoms with Crippen molar-refractivity contribution < 1.29 is 14.3 Å². The van der Waals surface area contributed by atoms with Crippen LogP contribution in [0, 0.1) is 5.82 Å². The number of piperazine rings is 1. The Labute approximate surface area is 127 Å². The predicted octanol–water partition coefficient (Wildman–Crippen LogP) is 2.35. The minimum absolute atomic E-state index is 0.000464. The van der Waals surface area contributed by atoms with Crippen LogP contribution in [0.2, 0.25) is 0 Å². The second-order valence-corrected chi connectivity index (χ2v) is 5.65. The van der Waals surface area contributed by atoms with Crippen molar-refractivity contribution in [3.05, 3.63) is 30.2 Å². The molecule has 1 N–H and O–H groups in total. The number of hydrogen-bond acceptors (Lipinski definition) is 4. The Balaban J connectivity index is 1.90. The van der Waals surface area contributed by atoms with Gasteiger partial charge in [0.25, 0.3) is 0 Å². The van der Waals surface area contributed by atoms with E-state index in [2.05, 4.69) is 9.97 Å². The maximum atomic E-state index is 13.2. The summed E-state index contributed by atoms with van der Waals surface area (Å²) in [6.07, 6.45) is 0.709. The fraction of sp³-hybridized carbons (Fsp3) is 0.400. The second kappa shape index (κ2) is 5.40. The molecule has 1 amide bonds. The maximum Gasteiger partial charge on any atom is 0.407 e. The SMILES string of the molecule is C[C@@H]1CN(c2cnc3cc(F)ccc3n2)[C@@H](C)CN1C(=O)O. The van der Waals surface area contributed by atoms with Crippen molar-refractivity contribution in [3.8, 4) is 0 Å². The lowest BCUT2D eigenvalue weighted by atomic mass is 10.1. The molecule has 2 atom stereocenters. The first-order valence-electron chi connectivity index (χ1n) is 7.14. The Morgan fingerprint density at radius 1 is 1.27 bits per heavy atom. The first kappa shape index (κ1) is 14.5. The summed E-state index contributed by atoms with van der Waals surface area (Å²) >= 11 is 0. The average Bonchev–Trinajstić information content (AvgIpc) is 2.48. The van der Waals surface area contributed by atoms with Gasteiger partial charge in [0.15, 0.2) is 0 Å². The number of amides is 1. The summed E-state index contributed by atoms with van der Waals surface area (Å²) in [4.78, 5) is 23.5. The molecule has 3 rings (SSSR count). The molecular formula is C15H17FN4O2. The number of carboxylic acid groups (broad SMARTS) is 1. The summed E-state index contributed by atoms with van der Waals surface area (Å²) < 4.78 is 13.2. The van der Waals surface area contributed by atoms with Crippen LogP contribution in [0.3, 0.4) is 0 Å². The van der Waals surface area contributed by atoms with Crippen LogP contribution in [-0.2, 0) is 0 Å². The van der Waals surface area contributed by atoms with Crippen LogP contribution in [0.5, 0.6) is 0 Å². The molecule has 0 unspecified atom stereocenters. The normalized spacial score (nSPS) is 22.1. The number of benzene rings is 1. The Hall–Kier alpha value is -2.44. The highest BCUT2D eigenvalue weighted by molar-refractivity contribution is 5.75. The minimum Gasteiger partial charge on any atom is -0.465 e. The minimum atomic E-state index is -0.904. The van der Waals surface area contributed by atoms with Gasteiger partial charge in [-0.25, -0.2) is 14.2 Å². The second-order valence-electron chi connectivity index (χ2n) is 5.65. The first-order chi connectivity index (χ1) is 10.5. The topological polar surface area (TPSA) is 69.6 Å². The Bertz CT molecular complexity index is 724. The molecule has 2 heterocycles. The number of nitrogens with zero attached hydrogens (tertiary/aromatic N) is 4. The molecule has 0 saturated carbocycles. The van der Waals surface area contributed by atoms with E-state index in [9.17, 15) is 14.3 Å². The molecule has 116 valence electrons. The van der Waals surface area contributed by atoms with E-state index < -0.39 is 6.09 Å². The van der Waals surface area contributed by atoms with Crippen molar-refractivity contribution in [2.75, 3.05) is 18.0 Å². The van der Waals surface area contributed by atoms with E-state index in [0.29, 0.717) is 29.9 Å². The molecule has 1 aliphatic rings. The van der Waals surface area contributed by atoms with Crippen molar-refractivity contribution in [1.82, 2.24) is 14.9 Å². The molecule has 1 aliphatic heterocycles. The monoisotopic (exact) mass is 304 g/mol. The van der Waals surface area contributed by atoms with Crippen LogP contribution in [0.1, 0.15) is 13.8 Å². The number of hydrogen-bond donors (Lipinski definition) is 1. The van der Waals surface area contributed by atoms with E-state index in [1.807, 2.05) is 18.7 Å². The molecule has 0 radical (unpaired) electrons. The highest BCUT2D eigenvalue weighted by Crippen LogP contribution is 2.23. The van der Waals surface area contributed by atoms with Crippen molar-refractivity contribution >= 4 is 22.9 Å². The molecule has 0 bridgehead atoms. The zero-order valence-electron chi connectivity index (χ0n) is 12.4. The number of rotatable bonds is 1. The molecule has 1 aromatic heterocycles. The van der Waals surface area contributed by atoms with Crippen LogP contribution in [-0.4, -0.2) is 51.2 Å². The fourth-order valence-electron chi connectivity index (χ4n) is 2.82. The summed E-state index contributed by atoms with van der Waals surface area (Å²) in [5.74, 6) is 0.343. The zero-order chi connectivity index (χ0) is 15.9. The molecule has 6 nitrogen and oxygen atoms in total. The van der Waals surface area contributed by atoms with E-state index in [1.54, 1.807) is 12.3 Å². The smallest absolute Gasteiger partial charge is 0.407 e. The third kappa shape index (κ3) is 2.54. The fourth-order valence-corrected chi connectivity index (χ4v) is 2.82. The van der Waals surface area contributed by atoms with Crippen molar-refractivity contribution in [3.63, 3.8) is 0 Å². The van der Waals surface area contributed by atoms with E-state index in [-0.39, 0.29) is 17.9 Å². The van der Waals surface area contributed by atoms with Crippen molar-refractivity contribution in [1.29, 1.82) is 0 Å². The zero-order valence-corrected chi connectivity index (χ0v) is 12.4. The van der Waals surface area contributed by atoms with Gasteiger partial charge in [-0.3, -0.25) is 4.98 Å². The van der Waals surface area contributed by atoms with Gasteiger partial charge in [0.05, 0.1) is 17.2 Å². The largest absolute Gasteiger partial charge is 0.465 e. The van der Waals surface area contributed by atoms with Gasteiger partial charge in [0.1, 0.15) is 11.6 Å². The lowest BCUT2D eigenvalue weighted by Gasteiger charge is -2.43. The number of aromatic nitrogens is 2. The molecule has 22 heavy (non-hydrogen) atoms. The molecule has 0 aliphatic carbocycles. The summed E-state index contributed by atoms with van der Waals surface area (Å²) in [6.45, 7) is 4.80. The number of halogens is 1. The molecule has 1 fully saturated rings. The molecule has 2 aromatic rings. The summed E-state index contributed by atoms with van der Waals surface area (Å²) in [7, 11) is 0. The van der Waals surface area contributed by atoms with Gasteiger partial charge >= 0.3 is 6.09 Å². The van der Waals surface area contributed by atoms with Crippen LogP contribution >= 0.6 is 0 Å². The van der Waals surface area contributed by atoms with Crippen LogP contribution in [0.15, 0.2) is 24.4 Å². The Morgan fingerprint density at radius 2 is 2.05 bits per heavy atom. The van der Waals surface area contributed by atoms with E-state index in [1.165, 1.54) is 17.0 Å². The summed E-state index contributed by atoms with van der Waals surface area (Å²) in [5, 5.41) is 9.19. The van der Waals surface area contributed by atoms with Gasteiger partial charge in [-0.15, -0.1) is 0 Å². The molecular weight excluding hydrogens is 287 g/mol. The van der Waals surface area contributed by atoms with Gasteiger partial charge in [-0.2, -0.15) is 0 Å². The van der Waals surface area contributed by atoms with Gasteiger partial charge in [0.2, 0.25) is 0 Å². The predicted molar refractivity (Wildman–Crippen MR) is 80.5 cm³/mol. The standard InChI is InChI=1S/C15H17FN4O2/c1-9-8-20(15(21)22)10(2)7-19(9)14-6-17-13-5-11(16)3-4-12(13)18-14/h3-6,9-10H,7-8H2,1-2H3,(H,21,22)/t9-,10+/m0/s1. The molecule has 7 heteroatoms. The van der Waals surface area contributed by atoms with Gasteiger partial charge < -0.3 is 14.9 Å². The van der Waals surface area contributed by atoms with Crippen LogP contribution in [0.4, 0.5) is 15.0 Å². The quantitative estimate of drug-likeness (QED) is 0.875. The van der Waals surface area contributed by atoms with Gasteiger partial charge in [0, 0.05) is 31.2 Å². The molecule has 0 spiro atoms. The van der Waals surface area contributed by atoms with Gasteiger partial charge in [-0.05, 0) is 26.0 Å². The van der Waals surface area contributed by atoms with E-state index >= 15 is 0 Å². The summed E-state index contributed by atoms with van der Waals surface area (Å²) in [5.41, 5.74) is 1.13. The lowest BCUT2D eigenvalue weighted by molar-refractivity contribution is 0.114. The first-order valence-corrected chi connectivity index (χ1v) is 7.14. The molecule has 1 saturated heterocycles. The van der Waals surface area contributed by atoms with E-state index in [0.717, 1.165) is 0 Å². The van der Waals surface area contributed by atoms with Crippen LogP contribution in [0.25, 0.3) is 11.0 Å². The number of fused-ring (bicyclic) bond motifs is 1. The highest BCUT2D eigenvalue weighted by atomic mass is 19.1. The maximum absolute atomic E-state index is 13.2. The lowest BCUT2D eigenvalue weighted by Crippen LogP contribution is -2.58. The van der Waals surface area contributed by atoms with Crippen molar-refractivity contribution in [2.24, 2.45) is 0 Å². The number of carbonyl (C=O) groups is 1. The number of anilines is 1. The summed E-state index contributed by atoms with van der Waals surface area (Å²) in [6, 6.07) is 4.18. The average molecular weight is 304 g/mol. The Morgan fingerprint density at radius 3 is 2.77 bits per heavy atom. The van der Waals surface area contributed by atoms with Crippen molar-refractivity contribution in [2.45, 2.75) is 25.9 Å². The third-order valence-corrected chi connectivity index (χ3v) is 4.02.